The first-order valence-corrected chi connectivity index (χ1v) is 17.4. The van der Waals surface area contributed by atoms with E-state index in [2.05, 4.69) is 31.9 Å². The van der Waals surface area contributed by atoms with Crippen LogP contribution in [0.5, 0.6) is 11.5 Å². The van der Waals surface area contributed by atoms with Crippen molar-refractivity contribution in [1.29, 1.82) is 0 Å². The highest BCUT2D eigenvalue weighted by Crippen LogP contribution is 2.14. The van der Waals surface area contributed by atoms with E-state index in [9.17, 15) is 59.1 Å². The number of carbonyl (C=O) groups excluding carboxylic acids is 6. The van der Waals surface area contributed by atoms with Crippen molar-refractivity contribution in [3.05, 3.63) is 59.7 Å². The number of carbonyl (C=O) groups is 7. The van der Waals surface area contributed by atoms with E-state index in [1.807, 2.05) is 0 Å². The summed E-state index contributed by atoms with van der Waals surface area (Å²) in [5.41, 5.74) is 6.45. The van der Waals surface area contributed by atoms with Crippen molar-refractivity contribution in [3.8, 4) is 11.5 Å². The maximum atomic E-state index is 13.9. The largest absolute Gasteiger partial charge is 0.508 e. The number of carboxylic acid groups (broad SMARTS) is 1. The Bertz CT molecular complexity index is 1640. The van der Waals surface area contributed by atoms with E-state index in [-0.39, 0.29) is 36.7 Å². The SMILES string of the molecule is CC(C)C[C@H](NC(=O)[C@H](Cc1ccc(O)cc1)NC(=O)[C@H](CO)NC(=O)[C@H](C)NC(=O)[C@H](C)N)C(=O)N[C@@H](Cc1ccc(O)cc1)C(=O)N[C@@H](CO)C(=O)O. The van der Waals surface area contributed by atoms with Gasteiger partial charge in [0.25, 0.3) is 0 Å². The number of hydrogen-bond acceptors (Lipinski definition) is 12. The lowest BCUT2D eigenvalue weighted by molar-refractivity contribution is -0.143. The molecule has 0 aromatic heterocycles. The highest BCUT2D eigenvalue weighted by Gasteiger charge is 2.33. The molecule has 0 aliphatic rings. The minimum atomic E-state index is -1.69. The monoisotopic (exact) mass is 773 g/mol. The normalized spacial score (nSPS) is 14.8. The number of rotatable bonds is 21. The number of aliphatic hydroxyl groups excluding tert-OH is 2. The minimum Gasteiger partial charge on any atom is -0.508 e. The molecule has 0 spiro atoms. The Hall–Kier alpha value is -5.79. The van der Waals surface area contributed by atoms with Crippen molar-refractivity contribution >= 4 is 41.4 Å². The Morgan fingerprint density at radius 3 is 1.27 bits per heavy atom. The molecule has 0 unspecified atom stereocenters. The summed E-state index contributed by atoms with van der Waals surface area (Å²) in [5.74, 6) is -7.04. The van der Waals surface area contributed by atoms with E-state index in [4.69, 9.17) is 5.73 Å². The van der Waals surface area contributed by atoms with Crippen LogP contribution in [0.15, 0.2) is 48.5 Å². The van der Waals surface area contributed by atoms with Crippen molar-refractivity contribution in [1.82, 2.24) is 31.9 Å². The fraction of sp³-hybridized carbons (Fsp3) is 0.472. The van der Waals surface area contributed by atoms with Crippen molar-refractivity contribution in [3.63, 3.8) is 0 Å². The predicted molar refractivity (Wildman–Crippen MR) is 196 cm³/mol. The van der Waals surface area contributed by atoms with E-state index >= 15 is 0 Å². The molecule has 19 heteroatoms. The zero-order valence-corrected chi connectivity index (χ0v) is 30.9. The molecule has 2 aromatic rings. The fourth-order valence-electron chi connectivity index (χ4n) is 5.03. The van der Waals surface area contributed by atoms with E-state index < -0.39 is 96.9 Å². The Kier molecular flexibility index (Phi) is 18.0. The molecule has 302 valence electrons. The lowest BCUT2D eigenvalue weighted by Gasteiger charge is -2.27. The molecule has 0 aliphatic heterocycles. The van der Waals surface area contributed by atoms with Gasteiger partial charge in [-0.05, 0) is 61.6 Å². The molecule has 0 radical (unpaired) electrons. The van der Waals surface area contributed by atoms with Gasteiger partial charge in [-0.3, -0.25) is 28.8 Å². The first-order chi connectivity index (χ1) is 25.8. The molecule has 0 fully saturated rings. The number of nitrogens with two attached hydrogens (primary N) is 1. The summed E-state index contributed by atoms with van der Waals surface area (Å²) in [6.07, 6.45) is -0.344. The summed E-state index contributed by atoms with van der Waals surface area (Å²) < 4.78 is 0. The molecule has 55 heavy (non-hydrogen) atoms. The smallest absolute Gasteiger partial charge is 0.328 e. The molecule has 6 amide bonds. The number of phenolic OH excluding ortho intramolecular Hbond substituents is 2. The van der Waals surface area contributed by atoms with Gasteiger partial charge in [0.05, 0.1) is 19.3 Å². The summed E-state index contributed by atoms with van der Waals surface area (Å²) >= 11 is 0. The summed E-state index contributed by atoms with van der Waals surface area (Å²) in [4.78, 5) is 90.6. The number of aliphatic carboxylic acids is 1. The second-order valence-corrected chi connectivity index (χ2v) is 13.4. The third-order valence-electron chi connectivity index (χ3n) is 8.14. The average molecular weight is 774 g/mol. The Labute approximate surface area is 317 Å². The van der Waals surface area contributed by atoms with Crippen LogP contribution < -0.4 is 37.6 Å². The number of aliphatic hydroxyl groups is 2. The van der Waals surface area contributed by atoms with Gasteiger partial charge in [-0.25, -0.2) is 4.79 Å². The highest BCUT2D eigenvalue weighted by atomic mass is 16.4. The predicted octanol–water partition coefficient (Wildman–Crippen LogP) is -2.73. The quantitative estimate of drug-likeness (QED) is 0.0614. The van der Waals surface area contributed by atoms with Gasteiger partial charge in [0.2, 0.25) is 35.4 Å². The van der Waals surface area contributed by atoms with Crippen LogP contribution in [-0.2, 0) is 46.4 Å². The molecular formula is C36H51N7O12. The highest BCUT2D eigenvalue weighted by molar-refractivity contribution is 5.97. The second-order valence-electron chi connectivity index (χ2n) is 13.4. The maximum absolute atomic E-state index is 13.9. The van der Waals surface area contributed by atoms with E-state index in [0.717, 1.165) is 0 Å². The van der Waals surface area contributed by atoms with Crippen LogP contribution in [0.1, 0.15) is 45.2 Å². The third kappa shape index (κ3) is 15.2. The minimum absolute atomic E-state index is 0.0275. The maximum Gasteiger partial charge on any atom is 0.328 e. The van der Waals surface area contributed by atoms with Crippen molar-refractivity contribution in [2.75, 3.05) is 13.2 Å². The molecule has 0 bridgehead atoms. The molecule has 7 atom stereocenters. The van der Waals surface area contributed by atoms with Crippen molar-refractivity contribution in [2.24, 2.45) is 11.7 Å². The topological polar surface area (TPSA) is 319 Å². The number of phenols is 2. The van der Waals surface area contributed by atoms with Gasteiger partial charge >= 0.3 is 5.97 Å². The molecule has 0 saturated carbocycles. The van der Waals surface area contributed by atoms with Gasteiger partial charge in [0.1, 0.15) is 47.8 Å². The first-order valence-electron chi connectivity index (χ1n) is 17.4. The van der Waals surface area contributed by atoms with Crippen LogP contribution in [-0.4, -0.2) is 122 Å². The van der Waals surface area contributed by atoms with E-state index in [1.54, 1.807) is 13.8 Å². The van der Waals surface area contributed by atoms with Crippen LogP contribution in [0.4, 0.5) is 0 Å². The number of amides is 6. The third-order valence-corrected chi connectivity index (χ3v) is 8.14. The number of nitrogens with one attached hydrogen (secondary N) is 6. The van der Waals surface area contributed by atoms with Crippen molar-refractivity contribution in [2.45, 2.75) is 89.3 Å². The van der Waals surface area contributed by atoms with Crippen LogP contribution in [0.2, 0.25) is 0 Å². The second kappa shape index (κ2) is 21.8. The Morgan fingerprint density at radius 2 is 0.891 bits per heavy atom. The number of aromatic hydroxyl groups is 2. The first kappa shape index (κ1) is 45.4. The standard InChI is InChI=1S/C36H51N7O12/c1-18(2)13-25(32(50)40-27(15-22-7-11-24(47)12-8-22)34(52)43-29(17-45)36(54)55)39-33(51)26(14-21-5-9-23(46)10-6-21)41-35(53)28(16-44)42-31(49)20(4)38-30(48)19(3)37/h5-12,18-20,25-29,44-47H,13-17,37H2,1-4H3,(H,38,48)(H,39,51)(H,40,50)(H,41,53)(H,42,49)(H,43,52)(H,54,55)/t19-,20-,25-,26-,27-,28-,29-/m0/s1. The van der Waals surface area contributed by atoms with Crippen LogP contribution in [0.3, 0.4) is 0 Å². The Balaban J connectivity index is 2.38. The molecular weight excluding hydrogens is 722 g/mol. The van der Waals surface area contributed by atoms with Crippen LogP contribution >= 0.6 is 0 Å². The zero-order chi connectivity index (χ0) is 41.4. The van der Waals surface area contributed by atoms with Gasteiger partial charge in [-0.1, -0.05) is 38.1 Å². The van der Waals surface area contributed by atoms with E-state index in [0.29, 0.717) is 11.1 Å². The molecule has 13 N–H and O–H groups in total. The van der Waals surface area contributed by atoms with Crippen LogP contribution in [0.25, 0.3) is 0 Å². The fourth-order valence-corrected chi connectivity index (χ4v) is 5.03. The number of carboxylic acids is 1. The molecule has 0 saturated heterocycles. The number of hydrogen-bond donors (Lipinski definition) is 12. The zero-order valence-electron chi connectivity index (χ0n) is 30.9. The average Bonchev–Trinajstić information content (AvgIpc) is 3.12. The number of benzene rings is 2. The molecule has 19 nitrogen and oxygen atoms in total. The summed E-state index contributed by atoms with van der Waals surface area (Å²) in [6.45, 7) is 4.41. The molecule has 2 rings (SSSR count). The lowest BCUT2D eigenvalue weighted by Crippen LogP contribution is -2.60. The van der Waals surface area contributed by atoms with Gasteiger partial charge < -0.3 is 63.2 Å². The van der Waals surface area contributed by atoms with E-state index in [1.165, 1.54) is 62.4 Å². The summed E-state index contributed by atoms with van der Waals surface area (Å²) in [6, 6.07) is 1.79. The van der Waals surface area contributed by atoms with Gasteiger partial charge in [-0.2, -0.15) is 0 Å². The molecule has 2 aromatic carbocycles. The summed E-state index contributed by atoms with van der Waals surface area (Å²) in [7, 11) is 0. The molecule has 0 heterocycles. The van der Waals surface area contributed by atoms with Crippen LogP contribution in [0, 0.1) is 5.92 Å². The van der Waals surface area contributed by atoms with Crippen molar-refractivity contribution < 1.29 is 59.1 Å². The van der Waals surface area contributed by atoms with Gasteiger partial charge in [-0.15, -0.1) is 0 Å². The lowest BCUT2D eigenvalue weighted by atomic mass is 9.99. The molecule has 0 aliphatic carbocycles. The van der Waals surface area contributed by atoms with Gasteiger partial charge in [0, 0.05) is 12.8 Å². The van der Waals surface area contributed by atoms with Gasteiger partial charge in [0.15, 0.2) is 0 Å². The summed E-state index contributed by atoms with van der Waals surface area (Å²) in [5, 5.41) is 62.7. The Morgan fingerprint density at radius 1 is 0.527 bits per heavy atom.